The second-order valence-electron chi connectivity index (χ2n) is 7.65. The molecule has 2 aliphatic rings. The van der Waals surface area contributed by atoms with Crippen LogP contribution in [0, 0.1) is 0 Å². The first-order valence-electron chi connectivity index (χ1n) is 10.0. The van der Waals surface area contributed by atoms with Crippen molar-refractivity contribution in [2.24, 2.45) is 0 Å². The van der Waals surface area contributed by atoms with Gasteiger partial charge in [-0.3, -0.25) is 14.5 Å². The van der Waals surface area contributed by atoms with Crippen LogP contribution in [0.5, 0.6) is 0 Å². The highest BCUT2D eigenvalue weighted by molar-refractivity contribution is 5.99. The molecule has 2 aromatic rings. The molecule has 1 aromatic carbocycles. The minimum atomic E-state index is -0.00923. The number of fused-ring (bicyclic) bond motifs is 3. The molecule has 0 spiro atoms. The van der Waals surface area contributed by atoms with Crippen LogP contribution in [0.2, 0.25) is 0 Å². The van der Waals surface area contributed by atoms with Gasteiger partial charge in [0.1, 0.15) is 0 Å². The Morgan fingerprint density at radius 1 is 1.11 bits per heavy atom. The van der Waals surface area contributed by atoms with Gasteiger partial charge in [0.15, 0.2) is 0 Å². The molecule has 1 aliphatic carbocycles. The van der Waals surface area contributed by atoms with Crippen LogP contribution in [-0.2, 0) is 17.6 Å². The Bertz CT molecular complexity index is 849. The maximum atomic E-state index is 12.6. The molecule has 2 N–H and O–H groups in total. The van der Waals surface area contributed by atoms with Crippen molar-refractivity contribution in [3.8, 4) is 0 Å². The van der Waals surface area contributed by atoms with Crippen molar-refractivity contribution in [1.82, 2.24) is 20.1 Å². The number of rotatable bonds is 4. The summed E-state index contributed by atoms with van der Waals surface area (Å²) in [4.78, 5) is 31.6. The van der Waals surface area contributed by atoms with Gasteiger partial charge in [0.25, 0.3) is 5.91 Å². The summed E-state index contributed by atoms with van der Waals surface area (Å²) in [5.41, 5.74) is 4.62. The third-order valence-electron chi connectivity index (χ3n) is 5.89. The largest absolute Gasteiger partial charge is 0.358 e. The molecule has 4 rings (SSSR count). The summed E-state index contributed by atoms with van der Waals surface area (Å²) in [6.07, 6.45) is 4.69. The van der Waals surface area contributed by atoms with E-state index in [0.717, 1.165) is 56.6 Å². The lowest BCUT2D eigenvalue weighted by atomic mass is 9.95. The first kappa shape index (κ1) is 18.0. The van der Waals surface area contributed by atoms with Gasteiger partial charge in [-0.25, -0.2) is 0 Å². The fourth-order valence-corrected chi connectivity index (χ4v) is 4.26. The zero-order valence-electron chi connectivity index (χ0n) is 16.0. The first-order valence-corrected chi connectivity index (χ1v) is 10.0. The van der Waals surface area contributed by atoms with E-state index in [1.165, 1.54) is 29.5 Å². The van der Waals surface area contributed by atoms with Crippen molar-refractivity contribution in [3.05, 3.63) is 35.0 Å². The van der Waals surface area contributed by atoms with Crippen molar-refractivity contribution in [2.75, 3.05) is 39.3 Å². The zero-order chi connectivity index (χ0) is 18.8. The quantitative estimate of drug-likeness (QED) is 0.867. The minimum Gasteiger partial charge on any atom is -0.358 e. The van der Waals surface area contributed by atoms with E-state index in [2.05, 4.69) is 15.2 Å². The molecule has 27 heavy (non-hydrogen) atoms. The van der Waals surface area contributed by atoms with Crippen LogP contribution in [-0.4, -0.2) is 65.9 Å². The van der Waals surface area contributed by atoms with Crippen molar-refractivity contribution < 1.29 is 9.59 Å². The molecule has 1 fully saturated rings. The fraction of sp³-hybridized carbons (Fsp3) is 0.524. The van der Waals surface area contributed by atoms with Gasteiger partial charge in [-0.05, 0) is 49.4 Å². The van der Waals surface area contributed by atoms with Crippen LogP contribution in [0.1, 0.15) is 41.4 Å². The molecule has 6 heteroatoms. The van der Waals surface area contributed by atoms with Gasteiger partial charge in [0.2, 0.25) is 5.91 Å². The van der Waals surface area contributed by atoms with Crippen molar-refractivity contribution in [2.45, 2.75) is 32.6 Å². The molecule has 1 saturated heterocycles. The molecule has 2 heterocycles. The summed E-state index contributed by atoms with van der Waals surface area (Å²) in [5, 5.41) is 4.25. The van der Waals surface area contributed by atoms with Crippen molar-refractivity contribution >= 4 is 22.7 Å². The molecule has 0 bridgehead atoms. The lowest BCUT2D eigenvalue weighted by molar-refractivity contribution is -0.130. The van der Waals surface area contributed by atoms with Crippen LogP contribution in [0.15, 0.2) is 18.2 Å². The van der Waals surface area contributed by atoms with E-state index in [9.17, 15) is 9.59 Å². The smallest absolute Gasteiger partial charge is 0.251 e. The van der Waals surface area contributed by atoms with Gasteiger partial charge in [-0.1, -0.05) is 0 Å². The molecular formula is C21H28N4O2. The SMILES string of the molecule is CC(=O)N1CCN(CCNC(=O)c2ccc3[nH]c4c(c3c2)CCCC4)CC1. The summed E-state index contributed by atoms with van der Waals surface area (Å²) >= 11 is 0. The van der Waals surface area contributed by atoms with Gasteiger partial charge < -0.3 is 15.2 Å². The molecule has 0 unspecified atom stereocenters. The summed E-state index contributed by atoms with van der Waals surface area (Å²) in [6.45, 7) is 6.36. The van der Waals surface area contributed by atoms with Crippen LogP contribution in [0.3, 0.4) is 0 Å². The van der Waals surface area contributed by atoms with Gasteiger partial charge >= 0.3 is 0 Å². The van der Waals surface area contributed by atoms with Gasteiger partial charge in [-0.2, -0.15) is 0 Å². The predicted octanol–water partition coefficient (Wildman–Crippen LogP) is 1.94. The average molecular weight is 368 g/mol. The van der Waals surface area contributed by atoms with Crippen molar-refractivity contribution in [3.63, 3.8) is 0 Å². The minimum absolute atomic E-state index is 0.00923. The predicted molar refractivity (Wildman–Crippen MR) is 106 cm³/mol. The number of benzene rings is 1. The highest BCUT2D eigenvalue weighted by Gasteiger charge is 2.19. The summed E-state index contributed by atoms with van der Waals surface area (Å²) in [5.74, 6) is 0.135. The number of nitrogens with one attached hydrogen (secondary N) is 2. The van der Waals surface area contributed by atoms with E-state index in [1.807, 2.05) is 23.1 Å². The number of hydrogen-bond donors (Lipinski definition) is 2. The molecule has 1 aromatic heterocycles. The third-order valence-corrected chi connectivity index (χ3v) is 5.89. The summed E-state index contributed by atoms with van der Waals surface area (Å²) < 4.78 is 0. The van der Waals surface area contributed by atoms with Crippen LogP contribution < -0.4 is 5.32 Å². The average Bonchev–Trinajstić information content (AvgIpc) is 3.06. The van der Waals surface area contributed by atoms with Gasteiger partial charge in [-0.15, -0.1) is 0 Å². The number of amides is 2. The fourth-order valence-electron chi connectivity index (χ4n) is 4.26. The molecule has 2 amide bonds. The topological polar surface area (TPSA) is 68.4 Å². The Morgan fingerprint density at radius 3 is 2.67 bits per heavy atom. The van der Waals surface area contributed by atoms with E-state index in [4.69, 9.17) is 0 Å². The number of H-pyrrole nitrogens is 1. The van der Waals surface area contributed by atoms with E-state index >= 15 is 0 Å². The number of piperazine rings is 1. The monoisotopic (exact) mass is 368 g/mol. The van der Waals surface area contributed by atoms with Gasteiger partial charge in [0.05, 0.1) is 0 Å². The second kappa shape index (κ2) is 7.72. The maximum Gasteiger partial charge on any atom is 0.251 e. The number of carbonyl (C=O) groups is 2. The molecule has 0 saturated carbocycles. The zero-order valence-corrected chi connectivity index (χ0v) is 16.0. The van der Waals surface area contributed by atoms with E-state index in [-0.39, 0.29) is 11.8 Å². The lowest BCUT2D eigenvalue weighted by Gasteiger charge is -2.34. The van der Waals surface area contributed by atoms with Crippen molar-refractivity contribution in [1.29, 1.82) is 0 Å². The van der Waals surface area contributed by atoms with E-state index in [1.54, 1.807) is 6.92 Å². The van der Waals surface area contributed by atoms with E-state index < -0.39 is 0 Å². The number of aryl methyl sites for hydroxylation is 2. The second-order valence-corrected chi connectivity index (χ2v) is 7.65. The first-order chi connectivity index (χ1) is 13.1. The Hall–Kier alpha value is -2.34. The number of hydrogen-bond acceptors (Lipinski definition) is 3. The molecule has 144 valence electrons. The van der Waals surface area contributed by atoms with E-state index in [0.29, 0.717) is 6.54 Å². The van der Waals surface area contributed by atoms with Crippen LogP contribution in [0.4, 0.5) is 0 Å². The van der Waals surface area contributed by atoms with Crippen LogP contribution >= 0.6 is 0 Å². The summed E-state index contributed by atoms with van der Waals surface area (Å²) in [6, 6.07) is 5.98. The molecular weight excluding hydrogens is 340 g/mol. The molecule has 0 radical (unpaired) electrons. The Balaban J connectivity index is 1.33. The number of nitrogens with zero attached hydrogens (tertiary/aromatic N) is 2. The Labute approximate surface area is 159 Å². The molecule has 6 nitrogen and oxygen atoms in total. The van der Waals surface area contributed by atoms with Crippen LogP contribution in [0.25, 0.3) is 10.9 Å². The third kappa shape index (κ3) is 3.86. The normalized spacial score (nSPS) is 17.7. The highest BCUT2D eigenvalue weighted by Crippen LogP contribution is 2.29. The highest BCUT2D eigenvalue weighted by atomic mass is 16.2. The lowest BCUT2D eigenvalue weighted by Crippen LogP contribution is -2.49. The maximum absolute atomic E-state index is 12.6. The Morgan fingerprint density at radius 2 is 1.89 bits per heavy atom. The number of aromatic amines is 1. The Kier molecular flexibility index (Phi) is 5.16. The number of aromatic nitrogens is 1. The van der Waals surface area contributed by atoms with Gasteiger partial charge in [0, 0.05) is 68.4 Å². The molecule has 1 aliphatic heterocycles. The molecule has 0 atom stereocenters. The number of carbonyl (C=O) groups excluding carboxylic acids is 2. The standard InChI is InChI=1S/C21H28N4O2/c1-15(26)25-12-10-24(11-13-25)9-8-22-21(27)16-6-7-20-18(14-16)17-4-2-3-5-19(17)23-20/h6-7,14,23H,2-5,8-13H2,1H3,(H,22,27). The summed E-state index contributed by atoms with van der Waals surface area (Å²) in [7, 11) is 0.